The number of carbonyl (C=O) groups is 1. The SMILES string of the molecule is C=CCSC1=C(C#N)C2(CCCC2)C(C#N)C(=O)N1. The monoisotopic (exact) mass is 273 g/mol. The van der Waals surface area contributed by atoms with Crippen LogP contribution in [0.4, 0.5) is 0 Å². The van der Waals surface area contributed by atoms with Gasteiger partial charge < -0.3 is 5.32 Å². The number of thioether (sulfide) groups is 1. The molecular formula is C14H15N3OS. The van der Waals surface area contributed by atoms with E-state index in [-0.39, 0.29) is 5.91 Å². The topological polar surface area (TPSA) is 76.7 Å². The Balaban J connectivity index is 2.50. The van der Waals surface area contributed by atoms with E-state index in [0.29, 0.717) is 16.4 Å². The van der Waals surface area contributed by atoms with Crippen LogP contribution in [0.15, 0.2) is 23.3 Å². The largest absolute Gasteiger partial charge is 0.319 e. The molecule has 1 saturated carbocycles. The summed E-state index contributed by atoms with van der Waals surface area (Å²) in [5.41, 5.74) is 0.0259. The molecule has 5 heteroatoms. The van der Waals surface area contributed by atoms with Gasteiger partial charge in [0.15, 0.2) is 0 Å². The van der Waals surface area contributed by atoms with Gasteiger partial charge in [-0.1, -0.05) is 18.9 Å². The average Bonchev–Trinajstić information content (AvgIpc) is 2.86. The van der Waals surface area contributed by atoms with E-state index in [1.165, 1.54) is 11.8 Å². The summed E-state index contributed by atoms with van der Waals surface area (Å²) in [6, 6.07) is 4.34. The Kier molecular flexibility index (Phi) is 3.97. The fraction of sp³-hybridized carbons (Fsp3) is 0.500. The van der Waals surface area contributed by atoms with E-state index in [1.54, 1.807) is 6.08 Å². The van der Waals surface area contributed by atoms with Crippen molar-refractivity contribution in [3.05, 3.63) is 23.3 Å². The van der Waals surface area contributed by atoms with Crippen LogP contribution in [0.2, 0.25) is 0 Å². The van der Waals surface area contributed by atoms with Crippen molar-refractivity contribution >= 4 is 17.7 Å². The molecule has 19 heavy (non-hydrogen) atoms. The summed E-state index contributed by atoms with van der Waals surface area (Å²) < 4.78 is 0. The van der Waals surface area contributed by atoms with Crippen LogP contribution in [0.25, 0.3) is 0 Å². The quantitative estimate of drug-likeness (QED) is 0.801. The van der Waals surface area contributed by atoms with Crippen LogP contribution >= 0.6 is 11.8 Å². The summed E-state index contributed by atoms with van der Waals surface area (Å²) in [6.07, 6.45) is 5.17. The highest BCUT2D eigenvalue weighted by Gasteiger charge is 2.52. The van der Waals surface area contributed by atoms with E-state index in [4.69, 9.17) is 0 Å². The van der Waals surface area contributed by atoms with Gasteiger partial charge in [-0.2, -0.15) is 10.5 Å². The van der Waals surface area contributed by atoms with Crippen molar-refractivity contribution in [3.8, 4) is 12.1 Å². The Morgan fingerprint density at radius 3 is 2.68 bits per heavy atom. The van der Waals surface area contributed by atoms with Gasteiger partial charge in [-0.15, -0.1) is 18.3 Å². The normalized spacial score (nSPS) is 24.7. The van der Waals surface area contributed by atoms with Gasteiger partial charge in [0.05, 0.1) is 22.7 Å². The molecule has 1 aliphatic carbocycles. The van der Waals surface area contributed by atoms with Gasteiger partial charge in [0.1, 0.15) is 5.92 Å². The Morgan fingerprint density at radius 1 is 1.47 bits per heavy atom. The third-order valence-corrected chi connectivity index (χ3v) is 4.86. The Hall–Kier alpha value is -1.72. The fourth-order valence-corrected chi connectivity index (χ4v) is 3.86. The molecule has 2 rings (SSSR count). The fourth-order valence-electron chi connectivity index (χ4n) is 3.01. The first-order valence-corrected chi connectivity index (χ1v) is 7.27. The summed E-state index contributed by atoms with van der Waals surface area (Å²) >= 11 is 1.40. The zero-order chi connectivity index (χ0) is 13.9. The number of hydrogen-bond acceptors (Lipinski definition) is 4. The molecule has 1 atom stereocenters. The molecule has 1 N–H and O–H groups in total. The smallest absolute Gasteiger partial charge is 0.243 e. The molecule has 1 spiro atoms. The molecule has 0 radical (unpaired) electrons. The number of nitrogens with one attached hydrogen (secondary N) is 1. The van der Waals surface area contributed by atoms with Crippen LogP contribution in [0, 0.1) is 34.0 Å². The van der Waals surface area contributed by atoms with Crippen LogP contribution < -0.4 is 5.32 Å². The molecule has 98 valence electrons. The highest BCUT2D eigenvalue weighted by atomic mass is 32.2. The lowest BCUT2D eigenvalue weighted by atomic mass is 9.67. The van der Waals surface area contributed by atoms with Gasteiger partial charge in [0, 0.05) is 11.2 Å². The Morgan fingerprint density at radius 2 is 2.16 bits per heavy atom. The maximum absolute atomic E-state index is 12.1. The van der Waals surface area contributed by atoms with E-state index in [0.717, 1.165) is 25.7 Å². The minimum Gasteiger partial charge on any atom is -0.319 e. The molecule has 2 aliphatic rings. The van der Waals surface area contributed by atoms with Gasteiger partial charge >= 0.3 is 0 Å². The van der Waals surface area contributed by atoms with Crippen molar-refractivity contribution in [2.45, 2.75) is 25.7 Å². The van der Waals surface area contributed by atoms with Crippen LogP contribution in [-0.4, -0.2) is 11.7 Å². The average molecular weight is 273 g/mol. The lowest BCUT2D eigenvalue weighted by Gasteiger charge is -2.37. The zero-order valence-corrected chi connectivity index (χ0v) is 11.4. The molecule has 1 unspecified atom stereocenters. The van der Waals surface area contributed by atoms with Crippen LogP contribution in [0.1, 0.15) is 25.7 Å². The highest BCUT2D eigenvalue weighted by Crippen LogP contribution is 2.53. The number of carbonyl (C=O) groups excluding carboxylic acids is 1. The van der Waals surface area contributed by atoms with Gasteiger partial charge in [-0.25, -0.2) is 0 Å². The van der Waals surface area contributed by atoms with Gasteiger partial charge in [0.2, 0.25) is 5.91 Å². The lowest BCUT2D eigenvalue weighted by Crippen LogP contribution is -2.46. The minimum atomic E-state index is -0.738. The van der Waals surface area contributed by atoms with Crippen molar-refractivity contribution < 1.29 is 4.79 Å². The van der Waals surface area contributed by atoms with E-state index in [9.17, 15) is 15.3 Å². The number of allylic oxidation sites excluding steroid dienone is 1. The number of nitrogens with zero attached hydrogens (tertiary/aromatic N) is 2. The van der Waals surface area contributed by atoms with Crippen molar-refractivity contribution in [2.75, 3.05) is 5.75 Å². The minimum absolute atomic E-state index is 0.269. The lowest BCUT2D eigenvalue weighted by molar-refractivity contribution is -0.126. The molecule has 1 fully saturated rings. The standard InChI is InChI=1S/C14H15N3OS/c1-2-7-19-13-11(9-16)14(5-3-4-6-14)10(8-15)12(18)17-13/h2,10H,1,3-7H2,(H,17,18). The van der Waals surface area contributed by atoms with Gasteiger partial charge in [-0.05, 0) is 12.8 Å². The van der Waals surface area contributed by atoms with Crippen molar-refractivity contribution in [3.63, 3.8) is 0 Å². The van der Waals surface area contributed by atoms with Crippen LogP contribution in [-0.2, 0) is 4.79 Å². The summed E-state index contributed by atoms with van der Waals surface area (Å²) in [5, 5.41) is 22.1. The molecule has 1 aliphatic heterocycles. The first kappa shape index (κ1) is 13.7. The van der Waals surface area contributed by atoms with Crippen molar-refractivity contribution in [1.82, 2.24) is 5.32 Å². The molecule has 1 amide bonds. The number of nitriles is 2. The Bertz CT molecular complexity index is 518. The summed E-state index contributed by atoms with van der Waals surface area (Å²) in [7, 11) is 0. The zero-order valence-electron chi connectivity index (χ0n) is 10.6. The predicted molar refractivity (Wildman–Crippen MR) is 73.4 cm³/mol. The van der Waals surface area contributed by atoms with Crippen LogP contribution in [0.5, 0.6) is 0 Å². The summed E-state index contributed by atoms with van der Waals surface area (Å²) in [4.78, 5) is 12.1. The first-order valence-electron chi connectivity index (χ1n) is 6.28. The number of rotatable bonds is 3. The second kappa shape index (κ2) is 5.50. The molecule has 0 aromatic rings. The van der Waals surface area contributed by atoms with Crippen molar-refractivity contribution in [2.24, 2.45) is 11.3 Å². The first-order chi connectivity index (χ1) is 9.19. The van der Waals surface area contributed by atoms with Gasteiger partial charge in [-0.3, -0.25) is 4.79 Å². The molecule has 0 aromatic carbocycles. The molecule has 1 heterocycles. The van der Waals surface area contributed by atoms with E-state index < -0.39 is 11.3 Å². The second-order valence-corrected chi connectivity index (χ2v) is 5.86. The van der Waals surface area contributed by atoms with Crippen LogP contribution in [0.3, 0.4) is 0 Å². The molecule has 0 aromatic heterocycles. The van der Waals surface area contributed by atoms with E-state index >= 15 is 0 Å². The number of hydrogen-bond donors (Lipinski definition) is 1. The summed E-state index contributed by atoms with van der Waals surface area (Å²) in [6.45, 7) is 3.64. The molecule has 0 bridgehead atoms. The second-order valence-electron chi connectivity index (χ2n) is 4.83. The third-order valence-electron chi connectivity index (χ3n) is 3.86. The molecular weight excluding hydrogens is 258 g/mol. The highest BCUT2D eigenvalue weighted by molar-refractivity contribution is 8.03. The number of amides is 1. The van der Waals surface area contributed by atoms with Gasteiger partial charge in [0.25, 0.3) is 0 Å². The van der Waals surface area contributed by atoms with E-state index in [1.807, 2.05) is 0 Å². The third kappa shape index (κ3) is 2.15. The summed E-state index contributed by atoms with van der Waals surface area (Å²) in [5.74, 6) is -0.374. The predicted octanol–water partition coefficient (Wildman–Crippen LogP) is 2.47. The Labute approximate surface area is 117 Å². The maximum Gasteiger partial charge on any atom is 0.243 e. The molecule has 4 nitrogen and oxygen atoms in total. The van der Waals surface area contributed by atoms with E-state index in [2.05, 4.69) is 24.0 Å². The molecule has 0 saturated heterocycles. The van der Waals surface area contributed by atoms with Crippen molar-refractivity contribution in [1.29, 1.82) is 10.5 Å². The maximum atomic E-state index is 12.1.